The molecule has 0 saturated carbocycles. The number of hydrogen-bond acceptors (Lipinski definition) is 4. The van der Waals surface area contributed by atoms with E-state index in [4.69, 9.17) is 0 Å². The zero-order valence-electron chi connectivity index (χ0n) is 17.1. The van der Waals surface area contributed by atoms with E-state index in [2.05, 4.69) is 10.3 Å². The summed E-state index contributed by atoms with van der Waals surface area (Å²) in [5.74, 6) is -0.823. The van der Waals surface area contributed by atoms with Gasteiger partial charge in [0.1, 0.15) is 5.82 Å². The molecule has 6 nitrogen and oxygen atoms in total. The lowest BCUT2D eigenvalue weighted by atomic mass is 10.1. The fourth-order valence-electron chi connectivity index (χ4n) is 3.49. The highest BCUT2D eigenvalue weighted by molar-refractivity contribution is 7.81. The summed E-state index contributed by atoms with van der Waals surface area (Å²) < 4.78 is 38.9. The Labute approximate surface area is 187 Å². The third kappa shape index (κ3) is 4.37. The van der Waals surface area contributed by atoms with Gasteiger partial charge in [-0.1, -0.05) is 42.5 Å². The average Bonchev–Trinajstić information content (AvgIpc) is 2.80. The molecule has 0 bridgehead atoms. The number of aromatic nitrogens is 1. The topological polar surface area (TPSA) is 85.4 Å². The lowest BCUT2D eigenvalue weighted by Crippen LogP contribution is -2.29. The van der Waals surface area contributed by atoms with Crippen LogP contribution in [-0.2, 0) is 11.3 Å². The standard InChI is InChI=1S/C24H20FN3O3S/c1-16(17-11-13-19(25)14-12-17)27-24(29)20-8-2-3-9-21(20)28(32(30)31)22-10-4-6-18-7-5-15-26-23(18)22/h2-16H,1H3,(H,27,29)(H,30,31)/p-1. The van der Waals surface area contributed by atoms with Gasteiger partial charge in [0.05, 0.1) is 39.8 Å². The average molecular weight is 448 g/mol. The van der Waals surface area contributed by atoms with E-state index in [0.717, 1.165) is 15.3 Å². The predicted molar refractivity (Wildman–Crippen MR) is 122 cm³/mol. The van der Waals surface area contributed by atoms with E-state index in [1.807, 2.05) is 12.1 Å². The zero-order chi connectivity index (χ0) is 22.7. The van der Waals surface area contributed by atoms with Crippen molar-refractivity contribution in [1.29, 1.82) is 0 Å². The molecule has 1 N–H and O–H groups in total. The van der Waals surface area contributed by atoms with Crippen molar-refractivity contribution in [2.45, 2.75) is 13.0 Å². The van der Waals surface area contributed by atoms with E-state index in [0.29, 0.717) is 11.2 Å². The summed E-state index contributed by atoms with van der Waals surface area (Å²) in [5.41, 5.74) is 1.93. The summed E-state index contributed by atoms with van der Waals surface area (Å²) in [6, 6.07) is 20.7. The van der Waals surface area contributed by atoms with Crippen LogP contribution in [0.2, 0.25) is 0 Å². The van der Waals surface area contributed by atoms with Gasteiger partial charge in [-0.25, -0.2) is 4.39 Å². The molecular weight excluding hydrogens is 429 g/mol. The number of carbonyl (C=O) groups is 1. The Kier molecular flexibility index (Phi) is 6.25. The third-order valence-corrected chi connectivity index (χ3v) is 5.76. The van der Waals surface area contributed by atoms with Gasteiger partial charge in [-0.3, -0.25) is 18.3 Å². The molecule has 2 unspecified atom stereocenters. The minimum atomic E-state index is -2.72. The molecule has 3 aromatic carbocycles. The van der Waals surface area contributed by atoms with Crippen molar-refractivity contribution in [3.05, 3.63) is 102 Å². The van der Waals surface area contributed by atoms with Gasteiger partial charge in [0.2, 0.25) is 0 Å². The number of hydrogen-bond donors (Lipinski definition) is 1. The summed E-state index contributed by atoms with van der Waals surface area (Å²) in [6.07, 6.45) is 1.58. The summed E-state index contributed by atoms with van der Waals surface area (Å²) in [7, 11) is 0. The maximum absolute atomic E-state index is 13.2. The lowest BCUT2D eigenvalue weighted by molar-refractivity contribution is 0.0940. The smallest absolute Gasteiger partial charge is 0.253 e. The molecule has 0 spiro atoms. The fourth-order valence-corrected chi connectivity index (χ4v) is 4.12. The van der Waals surface area contributed by atoms with Gasteiger partial charge in [0.25, 0.3) is 5.91 Å². The third-order valence-electron chi connectivity index (χ3n) is 5.06. The molecule has 0 saturated heterocycles. The molecule has 0 aliphatic carbocycles. The second-order valence-corrected chi connectivity index (χ2v) is 7.93. The number of halogens is 1. The van der Waals surface area contributed by atoms with E-state index >= 15 is 0 Å². The highest BCUT2D eigenvalue weighted by atomic mass is 32.2. The normalized spacial score (nSPS) is 12.8. The van der Waals surface area contributed by atoms with E-state index in [1.165, 1.54) is 12.1 Å². The van der Waals surface area contributed by atoms with Gasteiger partial charge in [0.15, 0.2) is 0 Å². The molecule has 8 heteroatoms. The van der Waals surface area contributed by atoms with Gasteiger partial charge >= 0.3 is 0 Å². The summed E-state index contributed by atoms with van der Waals surface area (Å²) >= 11 is -2.72. The fraction of sp³-hybridized carbons (Fsp3) is 0.0833. The Morgan fingerprint density at radius 1 is 1.00 bits per heavy atom. The minimum absolute atomic E-state index is 0.179. The van der Waals surface area contributed by atoms with Crippen LogP contribution < -0.4 is 9.62 Å². The van der Waals surface area contributed by atoms with E-state index in [1.54, 1.807) is 67.7 Å². The number of fused-ring (bicyclic) bond motifs is 1. The molecule has 1 amide bonds. The molecular formula is C24H19FN3O3S-. The minimum Gasteiger partial charge on any atom is -0.755 e. The number of nitrogens with one attached hydrogen (secondary N) is 1. The van der Waals surface area contributed by atoms with Crippen molar-refractivity contribution in [2.24, 2.45) is 0 Å². The lowest BCUT2D eigenvalue weighted by Gasteiger charge is -2.29. The first-order valence-electron chi connectivity index (χ1n) is 9.84. The highest BCUT2D eigenvalue weighted by Gasteiger charge is 2.22. The number of carbonyl (C=O) groups excluding carboxylic acids is 1. The Hall–Kier alpha value is -3.62. The van der Waals surface area contributed by atoms with Gasteiger partial charge in [-0.15, -0.1) is 0 Å². The SMILES string of the molecule is CC(NC(=O)c1ccccc1N(c1cccc2cccnc12)S(=O)[O-])c1ccc(F)cc1. The van der Waals surface area contributed by atoms with Crippen molar-refractivity contribution < 1.29 is 17.9 Å². The maximum atomic E-state index is 13.2. The van der Waals surface area contributed by atoms with Crippen molar-refractivity contribution in [1.82, 2.24) is 10.3 Å². The number of anilines is 2. The number of para-hydroxylation sites is 2. The van der Waals surface area contributed by atoms with Crippen LogP contribution in [0.1, 0.15) is 28.9 Å². The number of rotatable bonds is 6. The molecule has 0 fully saturated rings. The monoisotopic (exact) mass is 448 g/mol. The molecule has 4 aromatic rings. The van der Waals surface area contributed by atoms with Crippen molar-refractivity contribution in [3.8, 4) is 0 Å². The van der Waals surface area contributed by atoms with Crippen LogP contribution in [0.15, 0.2) is 85.1 Å². The summed E-state index contributed by atoms with van der Waals surface area (Å²) in [5, 5.41) is 3.62. The van der Waals surface area contributed by atoms with Crippen molar-refractivity contribution in [2.75, 3.05) is 4.31 Å². The van der Waals surface area contributed by atoms with Crippen LogP contribution in [0, 0.1) is 5.82 Å². The van der Waals surface area contributed by atoms with Gasteiger partial charge < -0.3 is 9.87 Å². The first kappa shape index (κ1) is 21.6. The molecule has 32 heavy (non-hydrogen) atoms. The van der Waals surface area contributed by atoms with Gasteiger partial charge in [-0.2, -0.15) is 0 Å². The number of benzene rings is 3. The van der Waals surface area contributed by atoms with Crippen molar-refractivity contribution in [3.63, 3.8) is 0 Å². The second kappa shape index (κ2) is 9.25. The van der Waals surface area contributed by atoms with Crippen LogP contribution in [0.4, 0.5) is 15.8 Å². The molecule has 0 aliphatic heterocycles. The van der Waals surface area contributed by atoms with Gasteiger partial charge in [-0.05, 0) is 48.9 Å². The number of amides is 1. The van der Waals surface area contributed by atoms with Crippen LogP contribution in [0.5, 0.6) is 0 Å². The van der Waals surface area contributed by atoms with Gasteiger partial charge in [0, 0.05) is 11.6 Å². The second-order valence-electron chi connectivity index (χ2n) is 7.13. The summed E-state index contributed by atoms with van der Waals surface area (Å²) in [6.45, 7) is 1.77. The maximum Gasteiger partial charge on any atom is 0.253 e. The van der Waals surface area contributed by atoms with E-state index in [-0.39, 0.29) is 17.1 Å². The largest absolute Gasteiger partial charge is 0.755 e. The first-order chi connectivity index (χ1) is 15.5. The molecule has 4 rings (SSSR count). The van der Waals surface area contributed by atoms with Crippen LogP contribution in [0.3, 0.4) is 0 Å². The molecule has 1 aromatic heterocycles. The van der Waals surface area contributed by atoms with Crippen LogP contribution in [0.25, 0.3) is 10.9 Å². The molecule has 1 heterocycles. The Morgan fingerprint density at radius 2 is 1.69 bits per heavy atom. The quantitative estimate of drug-likeness (QED) is 0.430. The molecule has 0 aliphatic rings. The van der Waals surface area contributed by atoms with Crippen LogP contribution >= 0.6 is 0 Å². The van der Waals surface area contributed by atoms with Crippen molar-refractivity contribution >= 4 is 39.5 Å². The predicted octanol–water partition coefficient (Wildman–Crippen LogP) is 4.80. The zero-order valence-corrected chi connectivity index (χ0v) is 17.9. The Morgan fingerprint density at radius 3 is 2.44 bits per heavy atom. The Balaban J connectivity index is 1.73. The molecule has 0 radical (unpaired) electrons. The molecule has 2 atom stereocenters. The van der Waals surface area contributed by atoms with E-state index < -0.39 is 23.2 Å². The summed E-state index contributed by atoms with van der Waals surface area (Å²) in [4.78, 5) is 17.4. The number of nitrogens with zero attached hydrogens (tertiary/aromatic N) is 2. The Bertz CT molecular complexity index is 1290. The molecule has 162 valence electrons. The van der Waals surface area contributed by atoms with Crippen LogP contribution in [-0.4, -0.2) is 19.7 Å². The van der Waals surface area contributed by atoms with E-state index in [9.17, 15) is 17.9 Å². The number of pyridine rings is 1. The highest BCUT2D eigenvalue weighted by Crippen LogP contribution is 2.34. The first-order valence-corrected chi connectivity index (χ1v) is 10.9.